The maximum atomic E-state index is 13.3. The third-order valence-electron chi connectivity index (χ3n) is 5.65. The number of benzene rings is 2. The van der Waals surface area contributed by atoms with E-state index in [1.54, 1.807) is 49.4 Å². The Labute approximate surface area is 215 Å². The van der Waals surface area contributed by atoms with E-state index in [2.05, 4.69) is 4.98 Å². The van der Waals surface area contributed by atoms with Gasteiger partial charge >= 0.3 is 11.9 Å². The predicted octanol–water partition coefficient (Wildman–Crippen LogP) is 4.54. The summed E-state index contributed by atoms with van der Waals surface area (Å²) in [6.45, 7) is 1.60. The summed E-state index contributed by atoms with van der Waals surface area (Å²) >= 11 is 6.89. The van der Waals surface area contributed by atoms with Crippen LogP contribution in [-0.2, 0) is 14.3 Å². The molecule has 11 heteroatoms. The molecule has 1 atom stereocenters. The number of aliphatic hydroxyl groups excluding tert-OH is 1. The summed E-state index contributed by atoms with van der Waals surface area (Å²) in [4.78, 5) is 44.6. The molecule has 2 heterocycles. The zero-order valence-electron chi connectivity index (χ0n) is 19.7. The van der Waals surface area contributed by atoms with E-state index in [-0.39, 0.29) is 21.3 Å². The number of aliphatic hydroxyl groups is 1. The lowest BCUT2D eigenvalue weighted by Crippen LogP contribution is -2.29. The van der Waals surface area contributed by atoms with Gasteiger partial charge in [-0.1, -0.05) is 29.0 Å². The summed E-state index contributed by atoms with van der Waals surface area (Å²) in [5.74, 6) is -2.01. The molecule has 1 aliphatic heterocycles. The summed E-state index contributed by atoms with van der Waals surface area (Å²) in [5, 5.41) is 11.7. The molecule has 1 aliphatic rings. The van der Waals surface area contributed by atoms with Gasteiger partial charge in [0.25, 0.3) is 5.78 Å². The second kappa shape index (κ2) is 10.00. The van der Waals surface area contributed by atoms with E-state index in [9.17, 15) is 19.5 Å². The molecule has 0 unspecified atom stereocenters. The number of rotatable bonds is 6. The number of thiazole rings is 1. The fourth-order valence-corrected chi connectivity index (χ4v) is 5.04. The Morgan fingerprint density at radius 3 is 2.33 bits per heavy atom. The number of esters is 1. The highest BCUT2D eigenvalue weighted by molar-refractivity contribution is 7.17. The standard InChI is InChI=1S/C25H21ClN2O7S/c1-12-22(24(32)35-4)36-25(27-12)28-19(14-7-10-16(33-2)17(11-14)34-3)18(21(30)23(28)31)20(29)13-5-8-15(26)9-6-13/h5-11,19,29H,1-4H3/b20-18+/t19-/m0/s1. The monoisotopic (exact) mass is 528 g/mol. The minimum absolute atomic E-state index is 0.102. The van der Waals surface area contributed by atoms with Crippen molar-refractivity contribution in [3.63, 3.8) is 0 Å². The summed E-state index contributed by atoms with van der Waals surface area (Å²) in [7, 11) is 4.18. The summed E-state index contributed by atoms with van der Waals surface area (Å²) in [6.07, 6.45) is 0. The van der Waals surface area contributed by atoms with Crippen molar-refractivity contribution in [2.75, 3.05) is 26.2 Å². The van der Waals surface area contributed by atoms with E-state index < -0.39 is 23.7 Å². The van der Waals surface area contributed by atoms with Crippen LogP contribution in [0.5, 0.6) is 11.5 Å². The van der Waals surface area contributed by atoms with Crippen LogP contribution in [0, 0.1) is 6.92 Å². The number of amides is 1. The van der Waals surface area contributed by atoms with Crippen LogP contribution in [0.2, 0.25) is 5.02 Å². The van der Waals surface area contributed by atoms with Crippen LogP contribution in [0.25, 0.3) is 5.76 Å². The van der Waals surface area contributed by atoms with Gasteiger partial charge in [-0.05, 0) is 48.9 Å². The second-order valence-electron chi connectivity index (χ2n) is 7.69. The average molecular weight is 529 g/mol. The number of carbonyl (C=O) groups is 3. The normalized spacial score (nSPS) is 16.8. The number of hydrogen-bond donors (Lipinski definition) is 1. The maximum Gasteiger partial charge on any atom is 0.350 e. The van der Waals surface area contributed by atoms with Gasteiger partial charge in [-0.3, -0.25) is 14.5 Å². The summed E-state index contributed by atoms with van der Waals surface area (Å²) < 4.78 is 15.5. The van der Waals surface area contributed by atoms with Gasteiger partial charge in [-0.25, -0.2) is 9.78 Å². The first-order valence-electron chi connectivity index (χ1n) is 10.6. The van der Waals surface area contributed by atoms with Crippen LogP contribution in [0.15, 0.2) is 48.0 Å². The number of anilines is 1. The van der Waals surface area contributed by atoms with Crippen LogP contribution in [-0.4, -0.2) is 49.1 Å². The van der Waals surface area contributed by atoms with Crippen LogP contribution in [0.3, 0.4) is 0 Å². The van der Waals surface area contributed by atoms with Gasteiger partial charge in [0, 0.05) is 10.6 Å². The molecular weight excluding hydrogens is 508 g/mol. The molecule has 0 radical (unpaired) electrons. The van der Waals surface area contributed by atoms with E-state index in [1.807, 2.05) is 0 Å². The van der Waals surface area contributed by atoms with Crippen molar-refractivity contribution in [3.05, 3.63) is 74.8 Å². The van der Waals surface area contributed by atoms with Crippen molar-refractivity contribution in [3.8, 4) is 11.5 Å². The number of aromatic nitrogens is 1. The molecule has 4 rings (SSSR count). The van der Waals surface area contributed by atoms with Crippen molar-refractivity contribution < 1.29 is 33.7 Å². The smallest absolute Gasteiger partial charge is 0.350 e. The molecule has 0 saturated carbocycles. The van der Waals surface area contributed by atoms with Gasteiger partial charge < -0.3 is 19.3 Å². The molecule has 1 N–H and O–H groups in total. The van der Waals surface area contributed by atoms with Crippen LogP contribution < -0.4 is 14.4 Å². The van der Waals surface area contributed by atoms with Crippen molar-refractivity contribution in [1.82, 2.24) is 4.98 Å². The molecule has 1 aromatic heterocycles. The third-order valence-corrected chi connectivity index (χ3v) is 7.04. The number of ketones is 1. The van der Waals surface area contributed by atoms with E-state index in [1.165, 1.54) is 21.3 Å². The third kappa shape index (κ3) is 4.29. The minimum atomic E-state index is -1.07. The van der Waals surface area contributed by atoms with Crippen LogP contribution in [0.4, 0.5) is 5.13 Å². The first kappa shape index (κ1) is 25.2. The fraction of sp³-hybridized carbons (Fsp3) is 0.200. The molecule has 0 aliphatic carbocycles. The fourth-order valence-electron chi connectivity index (χ4n) is 3.90. The Kier molecular flexibility index (Phi) is 7.00. The molecule has 1 fully saturated rings. The lowest BCUT2D eigenvalue weighted by atomic mass is 9.95. The lowest BCUT2D eigenvalue weighted by molar-refractivity contribution is -0.132. The topological polar surface area (TPSA) is 115 Å². The highest BCUT2D eigenvalue weighted by Gasteiger charge is 2.48. The highest BCUT2D eigenvalue weighted by Crippen LogP contribution is 2.45. The Bertz CT molecular complexity index is 1400. The number of ether oxygens (including phenoxy) is 3. The molecule has 9 nitrogen and oxygen atoms in total. The van der Waals surface area contributed by atoms with E-state index >= 15 is 0 Å². The lowest BCUT2D eigenvalue weighted by Gasteiger charge is -2.23. The van der Waals surface area contributed by atoms with Gasteiger partial charge in [0.05, 0.1) is 38.6 Å². The van der Waals surface area contributed by atoms with Crippen molar-refractivity contribution in [1.29, 1.82) is 0 Å². The first-order valence-corrected chi connectivity index (χ1v) is 11.8. The largest absolute Gasteiger partial charge is 0.507 e. The molecule has 3 aromatic rings. The molecule has 0 spiro atoms. The van der Waals surface area contributed by atoms with E-state index in [0.717, 1.165) is 16.2 Å². The Morgan fingerprint density at radius 1 is 1.06 bits per heavy atom. The number of Topliss-reactive ketones (excluding diaryl/α,β-unsaturated/α-hetero) is 1. The van der Waals surface area contributed by atoms with E-state index in [0.29, 0.717) is 33.3 Å². The van der Waals surface area contributed by atoms with Crippen LogP contribution >= 0.6 is 22.9 Å². The molecule has 1 saturated heterocycles. The molecule has 2 aromatic carbocycles. The molecule has 36 heavy (non-hydrogen) atoms. The second-order valence-corrected chi connectivity index (χ2v) is 9.11. The van der Waals surface area contributed by atoms with Gasteiger partial charge in [0.15, 0.2) is 16.6 Å². The quantitative estimate of drug-likeness (QED) is 0.215. The van der Waals surface area contributed by atoms with Crippen molar-refractivity contribution in [2.45, 2.75) is 13.0 Å². The molecular formula is C25H21ClN2O7S. The number of nitrogens with zero attached hydrogens (tertiary/aromatic N) is 2. The number of halogens is 1. The summed E-state index contributed by atoms with van der Waals surface area (Å²) in [5.41, 5.74) is 0.942. The van der Waals surface area contributed by atoms with Crippen LogP contribution in [0.1, 0.15) is 32.5 Å². The van der Waals surface area contributed by atoms with Crippen molar-refractivity contribution in [2.24, 2.45) is 0 Å². The van der Waals surface area contributed by atoms with Gasteiger partial charge in [0.2, 0.25) is 0 Å². The maximum absolute atomic E-state index is 13.3. The Balaban J connectivity index is 1.96. The van der Waals surface area contributed by atoms with Gasteiger partial charge in [-0.2, -0.15) is 0 Å². The number of carbonyl (C=O) groups excluding carboxylic acids is 3. The van der Waals surface area contributed by atoms with E-state index in [4.69, 9.17) is 25.8 Å². The number of hydrogen-bond acceptors (Lipinski definition) is 9. The average Bonchev–Trinajstić information content (AvgIpc) is 3.39. The van der Waals surface area contributed by atoms with Gasteiger partial charge in [0.1, 0.15) is 10.6 Å². The molecule has 186 valence electrons. The Hall–Kier alpha value is -3.89. The zero-order chi connectivity index (χ0) is 26.1. The number of methoxy groups -OCH3 is 3. The molecule has 0 bridgehead atoms. The SMILES string of the molecule is COC(=O)c1sc(N2C(=O)C(=O)/C(=C(/O)c3ccc(Cl)cc3)[C@@H]2c2ccc(OC)c(OC)c2)nc1C. The highest BCUT2D eigenvalue weighted by atomic mass is 35.5. The summed E-state index contributed by atoms with van der Waals surface area (Å²) in [6, 6.07) is 10.0. The number of aryl methyl sites for hydroxylation is 1. The zero-order valence-corrected chi connectivity index (χ0v) is 21.3. The minimum Gasteiger partial charge on any atom is -0.507 e. The molecule has 1 amide bonds. The predicted molar refractivity (Wildman–Crippen MR) is 134 cm³/mol. The Morgan fingerprint density at radius 2 is 1.72 bits per heavy atom. The van der Waals surface area contributed by atoms with Gasteiger partial charge in [-0.15, -0.1) is 0 Å². The van der Waals surface area contributed by atoms with Crippen molar-refractivity contribution >= 4 is 51.5 Å². The first-order chi connectivity index (χ1) is 17.2.